The van der Waals surface area contributed by atoms with Gasteiger partial charge in [0.25, 0.3) is 0 Å². The maximum absolute atomic E-state index is 11.5. The Balaban J connectivity index is 2.69. The summed E-state index contributed by atoms with van der Waals surface area (Å²) in [4.78, 5) is 0. The molecule has 1 nitrogen and oxygen atoms in total. The number of ether oxygens (including phenoxy) is 1. The van der Waals surface area contributed by atoms with Gasteiger partial charge in [0, 0.05) is 4.47 Å². The Labute approximate surface area is 66.9 Å². The van der Waals surface area contributed by atoms with Crippen molar-refractivity contribution in [1.82, 2.24) is 0 Å². The van der Waals surface area contributed by atoms with E-state index in [1.807, 2.05) is 0 Å². The Morgan fingerprint density at radius 2 is 1.90 bits per heavy atom. The number of alkyl halides is 1. The van der Waals surface area contributed by atoms with Crippen molar-refractivity contribution >= 4 is 15.9 Å². The molecule has 0 saturated carbocycles. The van der Waals surface area contributed by atoms with Crippen molar-refractivity contribution in [2.45, 2.75) is 0 Å². The van der Waals surface area contributed by atoms with Crippen molar-refractivity contribution in [3.8, 4) is 5.75 Å². The lowest BCUT2D eigenvalue weighted by atomic mass is 10.3. The summed E-state index contributed by atoms with van der Waals surface area (Å²) in [6, 6.07) is 6.99. The van der Waals surface area contributed by atoms with Gasteiger partial charge in [0.05, 0.1) is 0 Å². The second kappa shape index (κ2) is 3.56. The quantitative estimate of drug-likeness (QED) is 0.721. The van der Waals surface area contributed by atoms with Crippen LogP contribution in [0.1, 0.15) is 0 Å². The van der Waals surface area contributed by atoms with Gasteiger partial charge in [0.1, 0.15) is 5.75 Å². The van der Waals surface area contributed by atoms with Gasteiger partial charge >= 0.3 is 0 Å². The highest BCUT2D eigenvalue weighted by atomic mass is 79.9. The van der Waals surface area contributed by atoms with E-state index in [1.54, 1.807) is 24.3 Å². The molecule has 54 valence electrons. The highest BCUT2D eigenvalue weighted by molar-refractivity contribution is 9.10. The van der Waals surface area contributed by atoms with E-state index in [1.165, 1.54) is 0 Å². The number of halogens is 2. The van der Waals surface area contributed by atoms with Gasteiger partial charge < -0.3 is 4.74 Å². The van der Waals surface area contributed by atoms with E-state index in [0.29, 0.717) is 5.75 Å². The number of hydrogen-bond acceptors (Lipinski definition) is 1. The Morgan fingerprint density at radius 3 is 2.40 bits per heavy atom. The van der Waals surface area contributed by atoms with Gasteiger partial charge in [-0.05, 0) is 24.3 Å². The number of rotatable bonds is 2. The van der Waals surface area contributed by atoms with Crippen molar-refractivity contribution in [3.63, 3.8) is 0 Å². The van der Waals surface area contributed by atoms with Crippen LogP contribution in [-0.4, -0.2) is 6.86 Å². The lowest BCUT2D eigenvalue weighted by molar-refractivity contribution is 0.192. The molecule has 0 N–H and O–H groups in total. The summed E-state index contributed by atoms with van der Waals surface area (Å²) in [7, 11) is 0. The molecule has 3 heteroatoms. The third-order valence-electron chi connectivity index (χ3n) is 1.03. The van der Waals surface area contributed by atoms with Crippen LogP contribution in [0, 0.1) is 0 Å². The molecular weight excluding hydrogens is 199 g/mol. The van der Waals surface area contributed by atoms with Gasteiger partial charge in [-0.3, -0.25) is 0 Å². The summed E-state index contributed by atoms with van der Waals surface area (Å²) in [5, 5.41) is 0. The first-order valence-corrected chi connectivity index (χ1v) is 3.56. The fraction of sp³-hybridized carbons (Fsp3) is 0.143. The molecule has 10 heavy (non-hydrogen) atoms. The fourth-order valence-electron chi connectivity index (χ4n) is 0.594. The Hall–Kier alpha value is -0.570. The van der Waals surface area contributed by atoms with E-state index in [-0.39, 0.29) is 0 Å². The normalized spacial score (nSPS) is 9.40. The summed E-state index contributed by atoms with van der Waals surface area (Å²) in [6.07, 6.45) is 0. The standard InChI is InChI=1S/C7H6BrFO/c8-6-1-3-7(4-2-6)10-5-9/h1-4H,5H2. The SMILES string of the molecule is FCOc1ccc(Br)cc1. The predicted octanol–water partition coefficient (Wildman–Crippen LogP) is 2.75. The highest BCUT2D eigenvalue weighted by Crippen LogP contribution is 2.15. The first-order chi connectivity index (χ1) is 4.83. The number of benzene rings is 1. The number of hydrogen-bond donors (Lipinski definition) is 0. The van der Waals surface area contributed by atoms with Crippen molar-refractivity contribution < 1.29 is 9.13 Å². The molecule has 1 aromatic rings. The molecule has 0 bridgehead atoms. The molecule has 0 spiro atoms. The molecule has 0 saturated heterocycles. The second-order valence-corrected chi connectivity index (χ2v) is 2.62. The van der Waals surface area contributed by atoms with E-state index in [9.17, 15) is 4.39 Å². The van der Waals surface area contributed by atoms with Crippen molar-refractivity contribution in [2.24, 2.45) is 0 Å². The molecular formula is C7H6BrFO. The van der Waals surface area contributed by atoms with Crippen LogP contribution in [0.25, 0.3) is 0 Å². The van der Waals surface area contributed by atoms with Crippen LogP contribution in [0.3, 0.4) is 0 Å². The van der Waals surface area contributed by atoms with E-state index in [0.717, 1.165) is 4.47 Å². The molecule has 0 heterocycles. The van der Waals surface area contributed by atoms with Gasteiger partial charge in [-0.25, -0.2) is 4.39 Å². The lowest BCUT2D eigenvalue weighted by Gasteiger charge is -1.98. The molecule has 0 aliphatic carbocycles. The van der Waals surface area contributed by atoms with Gasteiger partial charge in [0.2, 0.25) is 6.86 Å². The van der Waals surface area contributed by atoms with Crippen molar-refractivity contribution in [3.05, 3.63) is 28.7 Å². The second-order valence-electron chi connectivity index (χ2n) is 1.71. The minimum absolute atomic E-state index is 0.547. The Kier molecular flexibility index (Phi) is 2.68. The molecule has 0 radical (unpaired) electrons. The van der Waals surface area contributed by atoms with Crippen LogP contribution in [0.15, 0.2) is 28.7 Å². The van der Waals surface area contributed by atoms with E-state index in [4.69, 9.17) is 0 Å². The van der Waals surface area contributed by atoms with Crippen LogP contribution in [0.5, 0.6) is 5.75 Å². The molecule has 0 atom stereocenters. The molecule has 0 unspecified atom stereocenters. The first-order valence-electron chi connectivity index (χ1n) is 2.77. The molecule has 1 aromatic carbocycles. The van der Waals surface area contributed by atoms with E-state index < -0.39 is 6.86 Å². The minimum atomic E-state index is -0.776. The smallest absolute Gasteiger partial charge is 0.228 e. The van der Waals surface area contributed by atoms with Crippen LogP contribution < -0.4 is 4.74 Å². The zero-order valence-electron chi connectivity index (χ0n) is 5.18. The van der Waals surface area contributed by atoms with Gasteiger partial charge in [-0.2, -0.15) is 0 Å². The summed E-state index contributed by atoms with van der Waals surface area (Å²) in [5.41, 5.74) is 0. The lowest BCUT2D eigenvalue weighted by Crippen LogP contribution is -1.88. The summed E-state index contributed by atoms with van der Waals surface area (Å²) in [5.74, 6) is 0.547. The van der Waals surface area contributed by atoms with Crippen LogP contribution in [0.2, 0.25) is 0 Å². The summed E-state index contributed by atoms with van der Waals surface area (Å²) in [6.45, 7) is -0.776. The van der Waals surface area contributed by atoms with Crippen molar-refractivity contribution in [1.29, 1.82) is 0 Å². The maximum atomic E-state index is 11.5. The third-order valence-corrected chi connectivity index (χ3v) is 1.56. The summed E-state index contributed by atoms with van der Waals surface area (Å²) >= 11 is 3.25. The molecule has 0 fully saturated rings. The topological polar surface area (TPSA) is 9.23 Å². The highest BCUT2D eigenvalue weighted by Gasteiger charge is 1.90. The maximum Gasteiger partial charge on any atom is 0.228 e. The van der Waals surface area contributed by atoms with Crippen molar-refractivity contribution in [2.75, 3.05) is 6.86 Å². The summed E-state index contributed by atoms with van der Waals surface area (Å²) < 4.78 is 17.1. The third kappa shape index (κ3) is 1.99. The Bertz CT molecular complexity index is 197. The molecule has 0 aromatic heterocycles. The van der Waals surface area contributed by atoms with Crippen LogP contribution in [-0.2, 0) is 0 Å². The molecule has 0 aliphatic rings. The molecule has 1 rings (SSSR count). The predicted molar refractivity (Wildman–Crippen MR) is 40.7 cm³/mol. The first kappa shape index (κ1) is 7.54. The van der Waals surface area contributed by atoms with E-state index in [2.05, 4.69) is 20.7 Å². The monoisotopic (exact) mass is 204 g/mol. The minimum Gasteiger partial charge on any atom is -0.463 e. The molecule has 0 aliphatic heterocycles. The zero-order chi connectivity index (χ0) is 7.40. The van der Waals surface area contributed by atoms with Gasteiger partial charge in [-0.15, -0.1) is 0 Å². The fourth-order valence-corrected chi connectivity index (χ4v) is 0.858. The Morgan fingerprint density at radius 1 is 1.30 bits per heavy atom. The molecule has 0 amide bonds. The van der Waals surface area contributed by atoms with Gasteiger partial charge in [0.15, 0.2) is 0 Å². The van der Waals surface area contributed by atoms with E-state index >= 15 is 0 Å². The average Bonchev–Trinajstić information content (AvgIpc) is 1.95. The largest absolute Gasteiger partial charge is 0.463 e. The van der Waals surface area contributed by atoms with Gasteiger partial charge in [-0.1, -0.05) is 15.9 Å². The van der Waals surface area contributed by atoms with Crippen LogP contribution in [0.4, 0.5) is 4.39 Å². The van der Waals surface area contributed by atoms with Crippen LogP contribution >= 0.6 is 15.9 Å². The average molecular weight is 205 g/mol. The zero-order valence-corrected chi connectivity index (χ0v) is 6.77.